The zero-order valence-corrected chi connectivity index (χ0v) is 11.0. The molecular formula is C15H17N3O. The molecule has 2 heterocycles. The van der Waals surface area contributed by atoms with Crippen molar-refractivity contribution in [2.24, 2.45) is 0 Å². The van der Waals surface area contributed by atoms with Crippen LogP contribution in [0, 0.1) is 6.92 Å². The average Bonchev–Trinajstić information content (AvgIpc) is 2.46. The third-order valence-electron chi connectivity index (χ3n) is 3.68. The van der Waals surface area contributed by atoms with Gasteiger partial charge >= 0.3 is 0 Å². The minimum absolute atomic E-state index is 0.791. The topological polar surface area (TPSA) is 36.4 Å². The Morgan fingerprint density at radius 1 is 1.16 bits per heavy atom. The Labute approximate surface area is 112 Å². The summed E-state index contributed by atoms with van der Waals surface area (Å²) in [5.41, 5.74) is 3.48. The summed E-state index contributed by atoms with van der Waals surface area (Å²) in [5, 5.41) is 1.19. The van der Waals surface area contributed by atoms with Crippen molar-refractivity contribution in [3.63, 3.8) is 0 Å². The Bertz CT molecular complexity index is 603. The highest BCUT2D eigenvalue weighted by atomic mass is 16.1. The summed E-state index contributed by atoms with van der Waals surface area (Å²) >= 11 is 0. The van der Waals surface area contributed by atoms with Crippen LogP contribution in [0.5, 0.6) is 0 Å². The Kier molecular flexibility index (Phi) is 3.07. The molecule has 0 aliphatic carbocycles. The first-order chi connectivity index (χ1) is 9.28. The van der Waals surface area contributed by atoms with Gasteiger partial charge in [-0.1, -0.05) is 12.1 Å². The number of amides is 1. The molecule has 1 fully saturated rings. The van der Waals surface area contributed by atoms with Crippen molar-refractivity contribution in [2.75, 3.05) is 31.1 Å². The highest BCUT2D eigenvalue weighted by molar-refractivity contribution is 5.92. The predicted octanol–water partition coefficient (Wildman–Crippen LogP) is 1.82. The summed E-state index contributed by atoms with van der Waals surface area (Å²) < 4.78 is 0. The molecule has 0 saturated carbocycles. The van der Waals surface area contributed by atoms with Crippen LogP contribution < -0.4 is 4.90 Å². The van der Waals surface area contributed by atoms with Crippen molar-refractivity contribution in [2.45, 2.75) is 6.92 Å². The van der Waals surface area contributed by atoms with Crippen LogP contribution in [0.15, 0.2) is 30.5 Å². The molecule has 1 saturated heterocycles. The number of carbonyl (C=O) groups is 1. The van der Waals surface area contributed by atoms with E-state index in [1.54, 1.807) is 0 Å². The molecule has 1 aliphatic rings. The molecule has 1 aliphatic heterocycles. The van der Waals surface area contributed by atoms with Gasteiger partial charge in [-0.15, -0.1) is 0 Å². The first kappa shape index (κ1) is 12.0. The summed E-state index contributed by atoms with van der Waals surface area (Å²) in [5.74, 6) is 0. The highest BCUT2D eigenvalue weighted by Crippen LogP contribution is 2.26. The Hall–Kier alpha value is -2.10. The molecule has 0 N–H and O–H groups in total. The van der Waals surface area contributed by atoms with Gasteiger partial charge in [-0.2, -0.15) is 0 Å². The Balaban J connectivity index is 1.95. The van der Waals surface area contributed by atoms with E-state index in [0.717, 1.165) is 38.1 Å². The van der Waals surface area contributed by atoms with Gasteiger partial charge < -0.3 is 9.80 Å². The lowest BCUT2D eigenvalue weighted by atomic mass is 10.1. The van der Waals surface area contributed by atoms with Gasteiger partial charge in [0.05, 0.1) is 5.52 Å². The van der Waals surface area contributed by atoms with E-state index in [9.17, 15) is 4.79 Å². The fourth-order valence-electron chi connectivity index (χ4n) is 2.59. The maximum Gasteiger partial charge on any atom is 0.209 e. The lowest BCUT2D eigenvalue weighted by Crippen LogP contribution is -2.45. The number of anilines is 1. The molecule has 1 amide bonds. The summed E-state index contributed by atoms with van der Waals surface area (Å²) in [7, 11) is 0. The lowest BCUT2D eigenvalue weighted by Gasteiger charge is -2.34. The molecule has 0 unspecified atom stereocenters. The molecule has 0 radical (unpaired) electrons. The zero-order chi connectivity index (χ0) is 13.2. The number of nitrogens with zero attached hydrogens (tertiary/aromatic N) is 3. The summed E-state index contributed by atoms with van der Waals surface area (Å²) in [6.07, 6.45) is 2.80. The van der Waals surface area contributed by atoms with E-state index in [1.807, 2.05) is 11.1 Å². The van der Waals surface area contributed by atoms with Gasteiger partial charge in [-0.05, 0) is 24.6 Å². The zero-order valence-electron chi connectivity index (χ0n) is 11.0. The minimum Gasteiger partial charge on any atom is -0.367 e. The second kappa shape index (κ2) is 4.88. The van der Waals surface area contributed by atoms with E-state index in [1.165, 1.54) is 16.6 Å². The number of hydrogen-bond acceptors (Lipinski definition) is 3. The standard InChI is InChI=1S/C15H17N3O/c1-12-2-3-13-14(10-12)16-5-4-15(13)18-8-6-17(11-19)7-9-18/h2-5,10-11H,6-9H2,1H3. The van der Waals surface area contributed by atoms with E-state index < -0.39 is 0 Å². The molecule has 4 nitrogen and oxygen atoms in total. The number of aryl methyl sites for hydroxylation is 1. The molecule has 98 valence electrons. The number of benzene rings is 1. The third kappa shape index (κ3) is 2.26. The average molecular weight is 255 g/mol. The summed E-state index contributed by atoms with van der Waals surface area (Å²) in [6, 6.07) is 8.43. The van der Waals surface area contributed by atoms with Crippen molar-refractivity contribution in [3.8, 4) is 0 Å². The second-order valence-corrected chi connectivity index (χ2v) is 4.98. The van der Waals surface area contributed by atoms with Crippen LogP contribution in [0.25, 0.3) is 10.9 Å². The maximum absolute atomic E-state index is 10.8. The summed E-state index contributed by atoms with van der Waals surface area (Å²) in [4.78, 5) is 19.3. The number of rotatable bonds is 2. The number of fused-ring (bicyclic) bond motifs is 1. The number of hydrogen-bond donors (Lipinski definition) is 0. The van der Waals surface area contributed by atoms with Crippen LogP contribution >= 0.6 is 0 Å². The minimum atomic E-state index is 0.791. The fraction of sp³-hybridized carbons (Fsp3) is 0.333. The van der Waals surface area contributed by atoms with Crippen LogP contribution in [0.3, 0.4) is 0 Å². The van der Waals surface area contributed by atoms with Crippen molar-refractivity contribution in [1.29, 1.82) is 0 Å². The normalized spacial score (nSPS) is 15.8. The van der Waals surface area contributed by atoms with Gasteiger partial charge in [0.15, 0.2) is 0 Å². The first-order valence-electron chi connectivity index (χ1n) is 6.57. The van der Waals surface area contributed by atoms with Gasteiger partial charge in [0.1, 0.15) is 0 Å². The van der Waals surface area contributed by atoms with E-state index in [4.69, 9.17) is 0 Å². The quantitative estimate of drug-likeness (QED) is 0.768. The van der Waals surface area contributed by atoms with E-state index in [-0.39, 0.29) is 0 Å². The smallest absolute Gasteiger partial charge is 0.209 e. The van der Waals surface area contributed by atoms with Crippen molar-refractivity contribution >= 4 is 23.0 Å². The van der Waals surface area contributed by atoms with Crippen LogP contribution in [0.1, 0.15) is 5.56 Å². The largest absolute Gasteiger partial charge is 0.367 e. The number of pyridine rings is 1. The lowest BCUT2D eigenvalue weighted by molar-refractivity contribution is -0.118. The third-order valence-corrected chi connectivity index (χ3v) is 3.68. The number of aromatic nitrogens is 1. The van der Waals surface area contributed by atoms with Crippen molar-refractivity contribution < 1.29 is 4.79 Å². The first-order valence-corrected chi connectivity index (χ1v) is 6.57. The highest BCUT2D eigenvalue weighted by Gasteiger charge is 2.17. The molecule has 0 spiro atoms. The van der Waals surface area contributed by atoms with Gasteiger partial charge in [-0.25, -0.2) is 0 Å². The van der Waals surface area contributed by atoms with E-state index in [2.05, 4.69) is 41.1 Å². The van der Waals surface area contributed by atoms with Gasteiger partial charge in [0.25, 0.3) is 0 Å². The SMILES string of the molecule is Cc1ccc2c(N3CCN(C=O)CC3)ccnc2c1. The molecule has 0 bridgehead atoms. The van der Waals surface area contributed by atoms with Crippen LogP contribution in [0.4, 0.5) is 5.69 Å². The molecule has 3 rings (SSSR count). The monoisotopic (exact) mass is 255 g/mol. The molecular weight excluding hydrogens is 238 g/mol. The Morgan fingerprint density at radius 3 is 2.68 bits per heavy atom. The molecule has 2 aromatic rings. The van der Waals surface area contributed by atoms with Crippen LogP contribution in [0.2, 0.25) is 0 Å². The molecule has 1 aromatic carbocycles. The van der Waals surface area contributed by atoms with Gasteiger partial charge in [0, 0.05) is 43.4 Å². The fourth-order valence-corrected chi connectivity index (χ4v) is 2.59. The number of carbonyl (C=O) groups excluding carboxylic acids is 1. The van der Waals surface area contributed by atoms with Gasteiger partial charge in [0.2, 0.25) is 6.41 Å². The molecule has 0 atom stereocenters. The van der Waals surface area contributed by atoms with Crippen molar-refractivity contribution in [3.05, 3.63) is 36.0 Å². The maximum atomic E-state index is 10.8. The van der Waals surface area contributed by atoms with Gasteiger partial charge in [-0.3, -0.25) is 9.78 Å². The molecule has 19 heavy (non-hydrogen) atoms. The number of piperazine rings is 1. The second-order valence-electron chi connectivity index (χ2n) is 4.98. The molecule has 4 heteroatoms. The summed E-state index contributed by atoms with van der Waals surface area (Å²) in [6.45, 7) is 5.42. The van der Waals surface area contributed by atoms with Crippen LogP contribution in [-0.2, 0) is 4.79 Å². The predicted molar refractivity (Wildman–Crippen MR) is 76.3 cm³/mol. The van der Waals surface area contributed by atoms with E-state index >= 15 is 0 Å². The van der Waals surface area contributed by atoms with Crippen molar-refractivity contribution in [1.82, 2.24) is 9.88 Å². The Morgan fingerprint density at radius 2 is 1.95 bits per heavy atom. The van der Waals surface area contributed by atoms with E-state index in [0.29, 0.717) is 0 Å². The molecule has 1 aromatic heterocycles. The van der Waals surface area contributed by atoms with Crippen LogP contribution in [-0.4, -0.2) is 42.5 Å².